The topological polar surface area (TPSA) is 44.4 Å². The lowest BCUT2D eigenvalue weighted by Gasteiger charge is -2.37. The van der Waals surface area contributed by atoms with Crippen LogP contribution in [0.25, 0.3) is 0 Å². The fourth-order valence-electron chi connectivity index (χ4n) is 2.31. The van der Waals surface area contributed by atoms with Gasteiger partial charge in [0.25, 0.3) is 0 Å². The lowest BCUT2D eigenvalue weighted by Crippen LogP contribution is -2.58. The number of hydrogen-bond donors (Lipinski definition) is 2. The van der Waals surface area contributed by atoms with E-state index in [1.165, 1.54) is 0 Å². The third-order valence-electron chi connectivity index (χ3n) is 3.61. The second-order valence-corrected chi connectivity index (χ2v) is 5.73. The van der Waals surface area contributed by atoms with Crippen LogP contribution >= 0.6 is 11.6 Å². The average Bonchev–Trinajstić information content (AvgIpc) is 2.32. The van der Waals surface area contributed by atoms with Crippen LogP contribution in [0.5, 0.6) is 0 Å². The molecule has 1 fully saturated rings. The molecule has 0 bridgehead atoms. The van der Waals surface area contributed by atoms with E-state index in [0.29, 0.717) is 17.6 Å². The third kappa shape index (κ3) is 3.95. The molecule has 20 heavy (non-hydrogen) atoms. The minimum atomic E-state index is 0.0238. The van der Waals surface area contributed by atoms with Crippen molar-refractivity contribution < 1.29 is 4.79 Å². The molecule has 0 aliphatic carbocycles. The van der Waals surface area contributed by atoms with Crippen LogP contribution in [-0.2, 0) is 4.79 Å². The molecular formula is C15H22ClN3O. The van der Waals surface area contributed by atoms with Gasteiger partial charge < -0.3 is 10.6 Å². The molecule has 1 heterocycles. The molecule has 0 radical (unpaired) electrons. The summed E-state index contributed by atoms with van der Waals surface area (Å²) in [5.41, 5.74) is 1.82. The number of anilines is 1. The standard InChI is InChI=1S/C15H22ClN3O/c1-3-6-19(13-8-17-9-13)10-15(20)18-14-7-12(16)5-4-11(14)2/h4-5,7,13,17H,3,6,8-10H2,1-2H3,(H,18,20). The summed E-state index contributed by atoms with van der Waals surface area (Å²) in [6.07, 6.45) is 1.06. The SMILES string of the molecule is CCCN(CC(=O)Nc1cc(Cl)ccc1C)C1CNC1. The molecule has 0 saturated carbocycles. The highest BCUT2D eigenvalue weighted by atomic mass is 35.5. The van der Waals surface area contributed by atoms with Gasteiger partial charge in [-0.15, -0.1) is 0 Å². The average molecular weight is 296 g/mol. The molecule has 110 valence electrons. The molecule has 1 amide bonds. The second kappa shape index (κ2) is 7.07. The largest absolute Gasteiger partial charge is 0.325 e. The zero-order chi connectivity index (χ0) is 14.5. The minimum absolute atomic E-state index is 0.0238. The molecule has 2 rings (SSSR count). The van der Waals surface area contributed by atoms with Crippen LogP contribution in [0.15, 0.2) is 18.2 Å². The number of carbonyl (C=O) groups excluding carboxylic acids is 1. The van der Waals surface area contributed by atoms with Gasteiger partial charge in [-0.2, -0.15) is 0 Å². The van der Waals surface area contributed by atoms with Crippen molar-refractivity contribution in [1.82, 2.24) is 10.2 Å². The Morgan fingerprint density at radius 3 is 2.85 bits per heavy atom. The first-order chi connectivity index (χ1) is 9.60. The predicted octanol–water partition coefficient (Wildman–Crippen LogP) is 2.27. The number of amides is 1. The molecule has 1 aliphatic rings. The van der Waals surface area contributed by atoms with Crippen molar-refractivity contribution >= 4 is 23.2 Å². The molecule has 1 aromatic rings. The van der Waals surface area contributed by atoms with Crippen molar-refractivity contribution in [3.8, 4) is 0 Å². The van der Waals surface area contributed by atoms with Gasteiger partial charge in [0.2, 0.25) is 5.91 Å². The van der Waals surface area contributed by atoms with Crippen molar-refractivity contribution in [3.63, 3.8) is 0 Å². The maximum atomic E-state index is 12.2. The van der Waals surface area contributed by atoms with Gasteiger partial charge in [-0.3, -0.25) is 9.69 Å². The minimum Gasteiger partial charge on any atom is -0.325 e. The molecule has 5 heteroatoms. The number of benzene rings is 1. The van der Waals surface area contributed by atoms with Gasteiger partial charge in [-0.25, -0.2) is 0 Å². The molecule has 1 saturated heterocycles. The maximum absolute atomic E-state index is 12.2. The molecule has 0 atom stereocenters. The monoisotopic (exact) mass is 295 g/mol. The Morgan fingerprint density at radius 2 is 2.25 bits per heavy atom. The quantitative estimate of drug-likeness (QED) is 0.846. The third-order valence-corrected chi connectivity index (χ3v) is 3.84. The number of halogens is 1. The Balaban J connectivity index is 1.94. The van der Waals surface area contributed by atoms with Crippen LogP contribution in [0, 0.1) is 6.92 Å². The van der Waals surface area contributed by atoms with Gasteiger partial charge in [0.1, 0.15) is 0 Å². The Hall–Kier alpha value is -1.10. The molecule has 0 unspecified atom stereocenters. The van der Waals surface area contributed by atoms with Gasteiger partial charge in [0, 0.05) is 29.8 Å². The van der Waals surface area contributed by atoms with E-state index in [4.69, 9.17) is 11.6 Å². The highest BCUT2D eigenvalue weighted by molar-refractivity contribution is 6.31. The summed E-state index contributed by atoms with van der Waals surface area (Å²) < 4.78 is 0. The number of nitrogens with zero attached hydrogens (tertiary/aromatic N) is 1. The summed E-state index contributed by atoms with van der Waals surface area (Å²) in [5, 5.41) is 6.84. The molecule has 2 N–H and O–H groups in total. The van der Waals surface area contributed by atoms with Crippen LogP contribution in [0.4, 0.5) is 5.69 Å². The second-order valence-electron chi connectivity index (χ2n) is 5.29. The smallest absolute Gasteiger partial charge is 0.238 e. The van der Waals surface area contributed by atoms with Crippen LogP contribution < -0.4 is 10.6 Å². The maximum Gasteiger partial charge on any atom is 0.238 e. The number of hydrogen-bond acceptors (Lipinski definition) is 3. The first-order valence-electron chi connectivity index (χ1n) is 7.11. The van der Waals surface area contributed by atoms with E-state index in [0.717, 1.165) is 37.3 Å². The lowest BCUT2D eigenvalue weighted by atomic mass is 10.1. The lowest BCUT2D eigenvalue weighted by molar-refractivity contribution is -0.118. The van der Waals surface area contributed by atoms with Crippen LogP contribution in [0.1, 0.15) is 18.9 Å². The van der Waals surface area contributed by atoms with E-state index in [9.17, 15) is 4.79 Å². The molecule has 4 nitrogen and oxygen atoms in total. The first-order valence-corrected chi connectivity index (χ1v) is 7.48. The van der Waals surface area contributed by atoms with Crippen LogP contribution in [0.2, 0.25) is 5.02 Å². The summed E-state index contributed by atoms with van der Waals surface area (Å²) in [7, 11) is 0. The van der Waals surface area contributed by atoms with Crippen molar-refractivity contribution in [2.24, 2.45) is 0 Å². The highest BCUT2D eigenvalue weighted by Crippen LogP contribution is 2.20. The van der Waals surface area contributed by atoms with E-state index in [1.807, 2.05) is 19.1 Å². The Labute approximate surface area is 125 Å². The van der Waals surface area contributed by atoms with Gasteiger partial charge in [-0.05, 0) is 37.6 Å². The van der Waals surface area contributed by atoms with Crippen molar-refractivity contribution in [1.29, 1.82) is 0 Å². The van der Waals surface area contributed by atoms with Crippen LogP contribution in [0.3, 0.4) is 0 Å². The zero-order valence-electron chi connectivity index (χ0n) is 12.1. The van der Waals surface area contributed by atoms with Gasteiger partial charge in [0.15, 0.2) is 0 Å². The van der Waals surface area contributed by atoms with E-state index < -0.39 is 0 Å². The normalized spacial score (nSPS) is 15.2. The molecule has 0 aromatic heterocycles. The summed E-state index contributed by atoms with van der Waals surface area (Å²) in [6, 6.07) is 6.03. The summed E-state index contributed by atoms with van der Waals surface area (Å²) in [5.74, 6) is 0.0238. The number of aryl methyl sites for hydroxylation is 1. The molecule has 0 spiro atoms. The molecule has 1 aliphatic heterocycles. The van der Waals surface area contributed by atoms with Crippen molar-refractivity contribution in [2.75, 3.05) is 31.5 Å². The van der Waals surface area contributed by atoms with E-state index >= 15 is 0 Å². The Kier molecular flexibility index (Phi) is 5.40. The predicted molar refractivity (Wildman–Crippen MR) is 83.3 cm³/mol. The van der Waals surface area contributed by atoms with Crippen molar-refractivity contribution in [2.45, 2.75) is 26.3 Å². The molecular weight excluding hydrogens is 274 g/mol. The summed E-state index contributed by atoms with van der Waals surface area (Å²) in [4.78, 5) is 14.4. The fraction of sp³-hybridized carbons (Fsp3) is 0.533. The first kappa shape index (κ1) is 15.3. The highest BCUT2D eigenvalue weighted by Gasteiger charge is 2.25. The molecule has 1 aromatic carbocycles. The number of nitrogens with one attached hydrogen (secondary N) is 2. The number of rotatable bonds is 6. The van der Waals surface area contributed by atoms with E-state index in [2.05, 4.69) is 22.5 Å². The Morgan fingerprint density at radius 1 is 1.50 bits per heavy atom. The van der Waals surface area contributed by atoms with E-state index in [1.54, 1.807) is 6.07 Å². The van der Waals surface area contributed by atoms with Crippen molar-refractivity contribution in [3.05, 3.63) is 28.8 Å². The summed E-state index contributed by atoms with van der Waals surface area (Å²) in [6.45, 7) is 7.44. The van der Waals surface area contributed by atoms with Gasteiger partial charge in [0.05, 0.1) is 6.54 Å². The number of carbonyl (C=O) groups is 1. The van der Waals surface area contributed by atoms with Gasteiger partial charge in [-0.1, -0.05) is 24.6 Å². The summed E-state index contributed by atoms with van der Waals surface area (Å²) >= 11 is 5.97. The Bertz CT molecular complexity index is 474. The van der Waals surface area contributed by atoms with Gasteiger partial charge >= 0.3 is 0 Å². The van der Waals surface area contributed by atoms with E-state index in [-0.39, 0.29) is 5.91 Å². The van der Waals surface area contributed by atoms with Crippen LogP contribution in [-0.4, -0.2) is 43.0 Å². The zero-order valence-corrected chi connectivity index (χ0v) is 12.8. The fourth-order valence-corrected chi connectivity index (χ4v) is 2.48.